The number of amides is 1. The van der Waals surface area contributed by atoms with Gasteiger partial charge in [-0.1, -0.05) is 30.3 Å². The van der Waals surface area contributed by atoms with Crippen molar-refractivity contribution in [3.63, 3.8) is 0 Å². The number of aromatic nitrogens is 3. The van der Waals surface area contributed by atoms with E-state index in [-0.39, 0.29) is 5.91 Å². The largest absolute Gasteiger partial charge is 0.459 e. The van der Waals surface area contributed by atoms with Gasteiger partial charge in [-0.15, -0.1) is 0 Å². The van der Waals surface area contributed by atoms with Gasteiger partial charge < -0.3 is 19.2 Å². The molecule has 146 valence electrons. The van der Waals surface area contributed by atoms with Crippen molar-refractivity contribution in [2.75, 3.05) is 31.1 Å². The van der Waals surface area contributed by atoms with Crippen LogP contribution in [0.4, 0.5) is 5.82 Å². The van der Waals surface area contributed by atoms with Crippen LogP contribution in [-0.2, 0) is 0 Å². The van der Waals surface area contributed by atoms with Crippen LogP contribution >= 0.6 is 0 Å². The van der Waals surface area contributed by atoms with E-state index in [4.69, 9.17) is 9.40 Å². The molecule has 4 aromatic rings. The van der Waals surface area contributed by atoms with Crippen molar-refractivity contribution in [1.29, 1.82) is 0 Å². The number of carbonyl (C=O) groups excluding carboxylic acids is 1. The monoisotopic (exact) mass is 387 g/mol. The molecule has 5 rings (SSSR count). The standard InChI is InChI=1S/C22H21N5O2/c1-15-23-18-14-17(16-6-3-2-4-7-16)25-20(18)21(24-15)26-9-11-27(12-10-26)22(28)19-8-5-13-29-19/h2-8,13-14,25H,9-12H2,1H3. The summed E-state index contributed by atoms with van der Waals surface area (Å²) in [5.41, 5.74) is 3.97. The van der Waals surface area contributed by atoms with Gasteiger partial charge in [0.2, 0.25) is 0 Å². The highest BCUT2D eigenvalue weighted by Crippen LogP contribution is 2.29. The summed E-state index contributed by atoms with van der Waals surface area (Å²) in [6.07, 6.45) is 1.53. The number of rotatable bonds is 3. The Morgan fingerprint density at radius 1 is 1.03 bits per heavy atom. The molecule has 1 fully saturated rings. The van der Waals surface area contributed by atoms with E-state index in [1.54, 1.807) is 12.1 Å². The van der Waals surface area contributed by atoms with Crippen molar-refractivity contribution in [2.24, 2.45) is 0 Å². The lowest BCUT2D eigenvalue weighted by Gasteiger charge is -2.35. The number of anilines is 1. The summed E-state index contributed by atoms with van der Waals surface area (Å²) < 4.78 is 5.25. The van der Waals surface area contributed by atoms with E-state index in [2.05, 4.69) is 33.1 Å². The maximum absolute atomic E-state index is 12.5. The molecule has 0 unspecified atom stereocenters. The molecule has 1 N–H and O–H groups in total. The Balaban J connectivity index is 1.42. The zero-order valence-corrected chi connectivity index (χ0v) is 16.1. The molecule has 0 atom stereocenters. The first-order valence-electron chi connectivity index (χ1n) is 9.69. The van der Waals surface area contributed by atoms with Crippen LogP contribution < -0.4 is 4.90 Å². The van der Waals surface area contributed by atoms with Gasteiger partial charge in [0.25, 0.3) is 5.91 Å². The molecule has 0 bridgehead atoms. The molecular weight excluding hydrogens is 366 g/mol. The second-order valence-electron chi connectivity index (χ2n) is 7.16. The Hall–Kier alpha value is -3.61. The lowest BCUT2D eigenvalue weighted by molar-refractivity contribution is 0.0714. The third-order valence-electron chi connectivity index (χ3n) is 5.25. The molecule has 0 aliphatic carbocycles. The highest BCUT2D eigenvalue weighted by atomic mass is 16.3. The van der Waals surface area contributed by atoms with Gasteiger partial charge in [-0.25, -0.2) is 9.97 Å². The van der Waals surface area contributed by atoms with E-state index in [0.717, 1.165) is 33.9 Å². The van der Waals surface area contributed by atoms with E-state index in [0.29, 0.717) is 31.9 Å². The van der Waals surface area contributed by atoms with Gasteiger partial charge in [0.15, 0.2) is 11.6 Å². The number of hydrogen-bond donors (Lipinski definition) is 1. The van der Waals surface area contributed by atoms with Crippen molar-refractivity contribution in [3.05, 3.63) is 66.4 Å². The Morgan fingerprint density at radius 3 is 2.55 bits per heavy atom. The first-order chi connectivity index (χ1) is 14.2. The fourth-order valence-electron chi connectivity index (χ4n) is 3.79. The minimum Gasteiger partial charge on any atom is -0.459 e. The lowest BCUT2D eigenvalue weighted by Crippen LogP contribution is -2.49. The summed E-state index contributed by atoms with van der Waals surface area (Å²) >= 11 is 0. The van der Waals surface area contributed by atoms with Crippen LogP contribution in [0.25, 0.3) is 22.3 Å². The molecule has 0 saturated carbocycles. The maximum Gasteiger partial charge on any atom is 0.289 e. The number of hydrogen-bond acceptors (Lipinski definition) is 5. The normalized spacial score (nSPS) is 14.5. The number of benzene rings is 1. The molecule has 1 amide bonds. The molecule has 0 spiro atoms. The number of fused-ring (bicyclic) bond motifs is 1. The topological polar surface area (TPSA) is 78.3 Å². The molecular formula is C22H21N5O2. The zero-order valence-electron chi connectivity index (χ0n) is 16.1. The Morgan fingerprint density at radius 2 is 1.83 bits per heavy atom. The number of nitrogens with zero attached hydrogens (tertiary/aromatic N) is 4. The highest BCUT2D eigenvalue weighted by molar-refractivity contribution is 5.92. The van der Waals surface area contributed by atoms with Gasteiger partial charge in [0.1, 0.15) is 11.3 Å². The number of carbonyl (C=O) groups is 1. The number of H-pyrrole nitrogens is 1. The summed E-state index contributed by atoms with van der Waals surface area (Å²) in [6.45, 7) is 4.57. The Labute approximate surface area is 168 Å². The molecule has 7 nitrogen and oxygen atoms in total. The minimum atomic E-state index is -0.0649. The van der Waals surface area contributed by atoms with Crippen LogP contribution in [0.2, 0.25) is 0 Å². The fourth-order valence-corrected chi connectivity index (χ4v) is 3.79. The Kier molecular flexibility index (Phi) is 4.27. The van der Waals surface area contributed by atoms with Crippen LogP contribution in [0.3, 0.4) is 0 Å². The average Bonchev–Trinajstić information content (AvgIpc) is 3.43. The smallest absolute Gasteiger partial charge is 0.289 e. The molecule has 29 heavy (non-hydrogen) atoms. The second kappa shape index (κ2) is 7.09. The molecule has 1 aromatic carbocycles. The van der Waals surface area contributed by atoms with E-state index in [1.165, 1.54) is 6.26 Å². The predicted octanol–water partition coefficient (Wildman–Crippen LogP) is 3.49. The third kappa shape index (κ3) is 3.24. The summed E-state index contributed by atoms with van der Waals surface area (Å²) in [6, 6.07) is 15.7. The van der Waals surface area contributed by atoms with E-state index in [1.807, 2.05) is 30.0 Å². The number of furan rings is 1. The maximum atomic E-state index is 12.5. The number of nitrogens with one attached hydrogen (secondary N) is 1. The lowest BCUT2D eigenvalue weighted by atomic mass is 10.2. The fraction of sp³-hybridized carbons (Fsp3) is 0.227. The third-order valence-corrected chi connectivity index (χ3v) is 5.25. The molecule has 1 aliphatic heterocycles. The molecule has 3 aromatic heterocycles. The van der Waals surface area contributed by atoms with E-state index >= 15 is 0 Å². The second-order valence-corrected chi connectivity index (χ2v) is 7.16. The van der Waals surface area contributed by atoms with Gasteiger partial charge >= 0.3 is 0 Å². The summed E-state index contributed by atoms with van der Waals surface area (Å²) in [5, 5.41) is 0. The van der Waals surface area contributed by atoms with Crippen molar-refractivity contribution in [3.8, 4) is 11.3 Å². The van der Waals surface area contributed by atoms with Crippen molar-refractivity contribution in [2.45, 2.75) is 6.92 Å². The number of aryl methyl sites for hydroxylation is 1. The summed E-state index contributed by atoms with van der Waals surface area (Å²) in [4.78, 5) is 29.4. The summed E-state index contributed by atoms with van der Waals surface area (Å²) in [7, 11) is 0. The van der Waals surface area contributed by atoms with Crippen LogP contribution in [0.1, 0.15) is 16.4 Å². The first-order valence-corrected chi connectivity index (χ1v) is 9.69. The molecule has 1 aliphatic rings. The van der Waals surface area contributed by atoms with Crippen LogP contribution in [0, 0.1) is 6.92 Å². The highest BCUT2D eigenvalue weighted by Gasteiger charge is 2.26. The number of aromatic amines is 1. The van der Waals surface area contributed by atoms with Gasteiger partial charge in [0.05, 0.1) is 11.8 Å². The zero-order chi connectivity index (χ0) is 19.8. The molecule has 0 radical (unpaired) electrons. The van der Waals surface area contributed by atoms with Crippen LogP contribution in [-0.4, -0.2) is 51.9 Å². The van der Waals surface area contributed by atoms with Gasteiger partial charge in [-0.05, 0) is 30.7 Å². The van der Waals surface area contributed by atoms with Crippen LogP contribution in [0.15, 0.2) is 59.2 Å². The Bertz CT molecular complexity index is 1140. The van der Waals surface area contributed by atoms with E-state index in [9.17, 15) is 4.79 Å². The van der Waals surface area contributed by atoms with Crippen molar-refractivity contribution < 1.29 is 9.21 Å². The molecule has 4 heterocycles. The summed E-state index contributed by atoms with van der Waals surface area (Å²) in [5.74, 6) is 1.94. The van der Waals surface area contributed by atoms with Crippen LogP contribution in [0.5, 0.6) is 0 Å². The predicted molar refractivity (Wildman–Crippen MR) is 111 cm³/mol. The van der Waals surface area contributed by atoms with Crippen molar-refractivity contribution in [1.82, 2.24) is 19.9 Å². The molecule has 1 saturated heterocycles. The van der Waals surface area contributed by atoms with Gasteiger partial charge in [0, 0.05) is 31.9 Å². The minimum absolute atomic E-state index is 0.0649. The first kappa shape index (κ1) is 17.5. The van der Waals surface area contributed by atoms with Gasteiger partial charge in [-0.2, -0.15) is 0 Å². The number of piperazine rings is 1. The van der Waals surface area contributed by atoms with Gasteiger partial charge in [-0.3, -0.25) is 4.79 Å². The quantitative estimate of drug-likeness (QED) is 0.582. The van der Waals surface area contributed by atoms with E-state index < -0.39 is 0 Å². The SMILES string of the molecule is Cc1nc(N2CCN(C(=O)c3ccco3)CC2)c2[nH]c(-c3ccccc3)cc2n1. The average molecular weight is 387 g/mol. The molecule has 7 heteroatoms. The van der Waals surface area contributed by atoms with Crippen molar-refractivity contribution >= 4 is 22.8 Å².